The average molecular weight is 353 g/mol. The van der Waals surface area contributed by atoms with Crippen molar-refractivity contribution in [1.82, 2.24) is 0 Å². The van der Waals surface area contributed by atoms with Crippen LogP contribution in [-0.4, -0.2) is 11.5 Å². The summed E-state index contributed by atoms with van der Waals surface area (Å²) in [6, 6.07) is 12.9. The number of nitrogens with one attached hydrogen (secondary N) is 1. The molecule has 0 fully saturated rings. The topological polar surface area (TPSA) is 55.2 Å². The van der Waals surface area contributed by atoms with Gasteiger partial charge in [0.25, 0.3) is 5.69 Å². The van der Waals surface area contributed by atoms with Gasteiger partial charge in [0, 0.05) is 38.6 Å². The summed E-state index contributed by atoms with van der Waals surface area (Å²) in [5.74, 6) is 0. The van der Waals surface area contributed by atoms with Crippen molar-refractivity contribution in [1.29, 1.82) is 0 Å². The van der Waals surface area contributed by atoms with Crippen LogP contribution in [0.15, 0.2) is 56.7 Å². The molecule has 1 N–H and O–H groups in total. The Morgan fingerprint density at radius 3 is 2.70 bits per heavy atom. The fourth-order valence-corrected chi connectivity index (χ4v) is 3.17. The minimum Gasteiger partial charge on any atom is -0.385 e. The van der Waals surface area contributed by atoms with Crippen molar-refractivity contribution in [2.45, 2.75) is 16.7 Å². The lowest BCUT2D eigenvalue weighted by Gasteiger charge is -2.08. The summed E-state index contributed by atoms with van der Waals surface area (Å²) in [6.07, 6.45) is 0. The van der Waals surface area contributed by atoms with Crippen LogP contribution in [0.5, 0.6) is 0 Å². The van der Waals surface area contributed by atoms with Gasteiger partial charge < -0.3 is 5.32 Å². The van der Waals surface area contributed by atoms with Crippen molar-refractivity contribution in [2.75, 3.05) is 11.9 Å². The molecule has 6 heteroatoms. The number of nitrogens with zero attached hydrogens (tertiary/aromatic N) is 1. The van der Waals surface area contributed by atoms with E-state index in [1.54, 1.807) is 12.1 Å². The van der Waals surface area contributed by atoms with Crippen LogP contribution in [0.3, 0.4) is 0 Å². The van der Waals surface area contributed by atoms with E-state index in [1.165, 1.54) is 11.8 Å². The van der Waals surface area contributed by atoms with E-state index in [4.69, 9.17) is 0 Å². The Hall–Kier alpha value is -1.53. The summed E-state index contributed by atoms with van der Waals surface area (Å²) in [5, 5.41) is 14.1. The molecule has 0 bridgehead atoms. The molecule has 0 amide bonds. The van der Waals surface area contributed by atoms with Crippen LogP contribution in [0.25, 0.3) is 0 Å². The zero-order chi connectivity index (χ0) is 14.5. The van der Waals surface area contributed by atoms with Gasteiger partial charge in [-0.05, 0) is 41.1 Å². The lowest BCUT2D eigenvalue weighted by molar-refractivity contribution is -0.385. The minimum atomic E-state index is -0.370. The molecule has 0 aliphatic carbocycles. The van der Waals surface area contributed by atoms with Crippen LogP contribution < -0.4 is 5.32 Å². The molecule has 0 atom stereocenters. The van der Waals surface area contributed by atoms with E-state index in [0.717, 1.165) is 26.5 Å². The standard InChI is InChI=1S/C14H13BrN2O2S/c1-2-16-10-7-11(17(18)19)9-12(8-10)20-14-6-4-3-5-13(14)15/h3-9,16H,2H2,1H3. The first-order chi connectivity index (χ1) is 9.60. The summed E-state index contributed by atoms with van der Waals surface area (Å²) < 4.78 is 0.974. The molecule has 0 radical (unpaired) electrons. The third-order valence-corrected chi connectivity index (χ3v) is 4.55. The summed E-state index contributed by atoms with van der Waals surface area (Å²) in [7, 11) is 0. The molecule has 2 aromatic carbocycles. The van der Waals surface area contributed by atoms with E-state index >= 15 is 0 Å². The molecule has 20 heavy (non-hydrogen) atoms. The molecule has 104 valence electrons. The summed E-state index contributed by atoms with van der Waals surface area (Å²) in [4.78, 5) is 12.5. The SMILES string of the molecule is CCNc1cc(Sc2ccccc2Br)cc([N+](=O)[O-])c1. The van der Waals surface area contributed by atoms with Crippen molar-refractivity contribution in [3.8, 4) is 0 Å². The van der Waals surface area contributed by atoms with Gasteiger partial charge in [0.05, 0.1) is 4.92 Å². The van der Waals surface area contributed by atoms with Crippen LogP contribution >= 0.6 is 27.7 Å². The highest BCUT2D eigenvalue weighted by molar-refractivity contribution is 9.10. The van der Waals surface area contributed by atoms with Crippen molar-refractivity contribution in [2.24, 2.45) is 0 Å². The third-order valence-electron chi connectivity index (χ3n) is 2.55. The molecule has 4 nitrogen and oxygen atoms in total. The Morgan fingerprint density at radius 2 is 2.05 bits per heavy atom. The monoisotopic (exact) mass is 352 g/mol. The van der Waals surface area contributed by atoms with E-state index in [2.05, 4.69) is 21.2 Å². The molecular weight excluding hydrogens is 340 g/mol. The molecular formula is C14H13BrN2O2S. The second-order valence-corrected chi connectivity index (χ2v) is 6.01. The maximum absolute atomic E-state index is 11.0. The summed E-state index contributed by atoms with van der Waals surface area (Å²) in [6.45, 7) is 2.68. The zero-order valence-electron chi connectivity index (χ0n) is 10.8. The highest BCUT2D eigenvalue weighted by Gasteiger charge is 2.11. The second-order valence-electron chi connectivity index (χ2n) is 4.04. The molecule has 0 heterocycles. The molecule has 2 rings (SSSR count). The second kappa shape index (κ2) is 6.76. The quantitative estimate of drug-likeness (QED) is 0.611. The highest BCUT2D eigenvalue weighted by Crippen LogP contribution is 2.36. The van der Waals surface area contributed by atoms with Gasteiger partial charge in [0.2, 0.25) is 0 Å². The molecule has 0 saturated carbocycles. The van der Waals surface area contributed by atoms with Crippen molar-refractivity contribution >= 4 is 39.1 Å². The Labute approximate surface area is 129 Å². The number of hydrogen-bond donors (Lipinski definition) is 1. The fourth-order valence-electron chi connectivity index (χ4n) is 1.71. The van der Waals surface area contributed by atoms with E-state index in [1.807, 2.05) is 37.3 Å². The molecule has 0 saturated heterocycles. The molecule has 0 unspecified atom stereocenters. The van der Waals surface area contributed by atoms with Gasteiger partial charge in [-0.25, -0.2) is 0 Å². The Morgan fingerprint density at radius 1 is 1.30 bits per heavy atom. The third kappa shape index (κ3) is 3.74. The van der Waals surface area contributed by atoms with Crippen molar-refractivity contribution in [3.05, 3.63) is 57.1 Å². The van der Waals surface area contributed by atoms with Gasteiger partial charge in [0.1, 0.15) is 0 Å². The largest absolute Gasteiger partial charge is 0.385 e. The Bertz CT molecular complexity index is 634. The Balaban J connectivity index is 2.35. The van der Waals surface area contributed by atoms with Crippen LogP contribution in [0.2, 0.25) is 0 Å². The number of halogens is 1. The predicted octanol–water partition coefficient (Wildman–Crippen LogP) is 4.94. The average Bonchev–Trinajstić information content (AvgIpc) is 2.41. The van der Waals surface area contributed by atoms with Gasteiger partial charge in [-0.15, -0.1) is 0 Å². The van der Waals surface area contributed by atoms with Gasteiger partial charge >= 0.3 is 0 Å². The van der Waals surface area contributed by atoms with Gasteiger partial charge in [0.15, 0.2) is 0 Å². The van der Waals surface area contributed by atoms with E-state index in [0.29, 0.717) is 0 Å². The van der Waals surface area contributed by atoms with Crippen LogP contribution in [0.1, 0.15) is 6.92 Å². The minimum absolute atomic E-state index is 0.0954. The van der Waals surface area contributed by atoms with Crippen LogP contribution in [0.4, 0.5) is 11.4 Å². The maximum atomic E-state index is 11.0. The van der Waals surface area contributed by atoms with E-state index < -0.39 is 0 Å². The normalized spacial score (nSPS) is 10.3. The van der Waals surface area contributed by atoms with Crippen molar-refractivity contribution < 1.29 is 4.92 Å². The maximum Gasteiger partial charge on any atom is 0.272 e. The summed E-state index contributed by atoms with van der Waals surface area (Å²) in [5.41, 5.74) is 0.856. The molecule has 0 spiro atoms. The number of rotatable bonds is 5. The number of non-ortho nitro benzene ring substituents is 1. The first-order valence-corrected chi connectivity index (χ1v) is 7.67. The number of benzene rings is 2. The Kier molecular flexibility index (Phi) is 5.03. The lowest BCUT2D eigenvalue weighted by Crippen LogP contribution is -1.98. The molecule has 0 aliphatic heterocycles. The van der Waals surface area contributed by atoms with Crippen LogP contribution in [-0.2, 0) is 0 Å². The first-order valence-electron chi connectivity index (χ1n) is 6.06. The molecule has 0 aliphatic rings. The smallest absolute Gasteiger partial charge is 0.272 e. The first kappa shape index (κ1) is 14.9. The number of hydrogen-bond acceptors (Lipinski definition) is 4. The summed E-state index contributed by atoms with van der Waals surface area (Å²) >= 11 is 4.97. The zero-order valence-corrected chi connectivity index (χ0v) is 13.2. The van der Waals surface area contributed by atoms with E-state index in [-0.39, 0.29) is 10.6 Å². The van der Waals surface area contributed by atoms with E-state index in [9.17, 15) is 10.1 Å². The number of nitro groups is 1. The lowest BCUT2D eigenvalue weighted by atomic mass is 10.3. The number of anilines is 1. The van der Waals surface area contributed by atoms with Gasteiger partial charge in [-0.3, -0.25) is 10.1 Å². The van der Waals surface area contributed by atoms with Crippen LogP contribution in [0, 0.1) is 10.1 Å². The predicted molar refractivity (Wildman–Crippen MR) is 85.5 cm³/mol. The fraction of sp³-hybridized carbons (Fsp3) is 0.143. The van der Waals surface area contributed by atoms with Gasteiger partial charge in [-0.2, -0.15) is 0 Å². The molecule has 0 aromatic heterocycles. The van der Waals surface area contributed by atoms with Gasteiger partial charge in [-0.1, -0.05) is 23.9 Å². The molecule has 2 aromatic rings. The van der Waals surface area contributed by atoms with Crippen molar-refractivity contribution in [3.63, 3.8) is 0 Å². The number of nitro benzene ring substituents is 1. The highest BCUT2D eigenvalue weighted by atomic mass is 79.9.